The highest BCUT2D eigenvalue weighted by atomic mass is 32.2. The van der Waals surface area contributed by atoms with Crippen molar-refractivity contribution in [3.63, 3.8) is 0 Å². The van der Waals surface area contributed by atoms with E-state index >= 15 is 0 Å². The minimum atomic E-state index is -3.62. The van der Waals surface area contributed by atoms with Gasteiger partial charge >= 0.3 is 0 Å². The molecule has 1 aromatic rings. The molecular weight excluding hydrogens is 297 g/mol. The first-order valence-corrected chi connectivity index (χ1v) is 8.25. The molecule has 1 aliphatic heterocycles. The highest BCUT2D eigenvalue weighted by molar-refractivity contribution is 7.90. The quantitative estimate of drug-likeness (QED) is 0.810. The van der Waals surface area contributed by atoms with Gasteiger partial charge in [-0.2, -0.15) is 0 Å². The fourth-order valence-electron chi connectivity index (χ4n) is 2.33. The maximum absolute atomic E-state index is 13.3. The minimum Gasteiger partial charge on any atom is -0.332 e. The number of piperazine rings is 1. The Morgan fingerprint density at radius 3 is 2.95 bits per heavy atom. The van der Waals surface area contributed by atoms with Crippen molar-refractivity contribution in [1.82, 2.24) is 14.9 Å². The van der Waals surface area contributed by atoms with E-state index in [2.05, 4.69) is 10.0 Å². The van der Waals surface area contributed by atoms with E-state index in [9.17, 15) is 17.6 Å². The lowest BCUT2D eigenvalue weighted by Gasteiger charge is -2.36. The summed E-state index contributed by atoms with van der Waals surface area (Å²) in [4.78, 5) is 13.7. The zero-order valence-electron chi connectivity index (χ0n) is 11.7. The highest BCUT2D eigenvalue weighted by Crippen LogP contribution is 2.23. The second-order valence-electron chi connectivity index (χ2n) is 4.83. The summed E-state index contributed by atoms with van der Waals surface area (Å²) >= 11 is 0. The van der Waals surface area contributed by atoms with Crippen LogP contribution in [0.25, 0.3) is 0 Å². The Morgan fingerprint density at radius 2 is 2.29 bits per heavy atom. The van der Waals surface area contributed by atoms with E-state index in [1.165, 1.54) is 24.1 Å². The van der Waals surface area contributed by atoms with E-state index < -0.39 is 21.7 Å². The van der Waals surface area contributed by atoms with E-state index in [0.29, 0.717) is 25.2 Å². The van der Waals surface area contributed by atoms with Crippen molar-refractivity contribution in [2.24, 2.45) is 0 Å². The predicted octanol–water partition coefficient (Wildman–Crippen LogP) is -0.152. The van der Waals surface area contributed by atoms with Gasteiger partial charge in [-0.1, -0.05) is 12.1 Å². The molecule has 2 N–H and O–H groups in total. The fourth-order valence-corrected chi connectivity index (χ4v) is 2.97. The summed E-state index contributed by atoms with van der Waals surface area (Å²) in [5.41, 5.74) is 0.650. The molecule has 116 valence electrons. The second kappa shape index (κ2) is 6.50. The first-order chi connectivity index (χ1) is 9.93. The zero-order valence-corrected chi connectivity index (χ0v) is 12.5. The van der Waals surface area contributed by atoms with Gasteiger partial charge in [0.15, 0.2) is 0 Å². The molecule has 2 rings (SSSR count). The molecule has 0 aliphatic carbocycles. The van der Waals surface area contributed by atoms with Crippen LogP contribution >= 0.6 is 0 Å². The van der Waals surface area contributed by atoms with Crippen molar-refractivity contribution in [1.29, 1.82) is 0 Å². The molecule has 1 aliphatic rings. The molecule has 1 atom stereocenters. The molecule has 0 radical (unpaired) electrons. The number of nitrogens with zero attached hydrogens (tertiary/aromatic N) is 1. The zero-order chi connectivity index (χ0) is 15.5. The third kappa shape index (κ3) is 3.99. The Labute approximate surface area is 123 Å². The Balaban J connectivity index is 2.21. The van der Waals surface area contributed by atoms with Gasteiger partial charge in [0, 0.05) is 19.6 Å². The molecule has 21 heavy (non-hydrogen) atoms. The topological polar surface area (TPSA) is 78.5 Å². The molecule has 6 nitrogen and oxygen atoms in total. The first-order valence-electron chi connectivity index (χ1n) is 6.60. The average molecular weight is 315 g/mol. The monoisotopic (exact) mass is 315 g/mol. The van der Waals surface area contributed by atoms with Crippen LogP contribution in [-0.2, 0) is 14.8 Å². The molecule has 0 saturated carbocycles. The summed E-state index contributed by atoms with van der Waals surface area (Å²) in [6, 6.07) is 5.64. The number of sulfonamides is 1. The van der Waals surface area contributed by atoms with Crippen LogP contribution in [0.15, 0.2) is 24.3 Å². The van der Waals surface area contributed by atoms with Crippen LogP contribution in [0.4, 0.5) is 4.39 Å². The number of amides is 1. The lowest BCUT2D eigenvalue weighted by atomic mass is 10.0. The van der Waals surface area contributed by atoms with E-state index in [4.69, 9.17) is 0 Å². The van der Waals surface area contributed by atoms with E-state index in [-0.39, 0.29) is 11.9 Å². The summed E-state index contributed by atoms with van der Waals surface area (Å²) in [6.45, 7) is 1.44. The number of nitrogens with one attached hydrogen (secondary N) is 2. The number of hydrogen-bond acceptors (Lipinski definition) is 4. The third-order valence-corrected chi connectivity index (χ3v) is 4.67. The number of carbonyl (C=O) groups excluding carboxylic acids is 1. The first kappa shape index (κ1) is 15.9. The summed E-state index contributed by atoms with van der Waals surface area (Å²) in [6.07, 6.45) is 0. The van der Waals surface area contributed by atoms with Crippen molar-refractivity contribution in [3.05, 3.63) is 35.6 Å². The molecule has 1 amide bonds. The lowest BCUT2D eigenvalue weighted by Crippen LogP contribution is -2.50. The van der Waals surface area contributed by atoms with Gasteiger partial charge in [-0.15, -0.1) is 0 Å². The van der Waals surface area contributed by atoms with Crippen LogP contribution < -0.4 is 10.0 Å². The van der Waals surface area contributed by atoms with E-state index in [1.807, 2.05) is 0 Å². The van der Waals surface area contributed by atoms with Gasteiger partial charge in [-0.05, 0) is 24.7 Å². The fraction of sp³-hybridized carbons (Fsp3) is 0.462. The van der Waals surface area contributed by atoms with Crippen molar-refractivity contribution < 1.29 is 17.6 Å². The van der Waals surface area contributed by atoms with Gasteiger partial charge in [-0.25, -0.2) is 17.5 Å². The van der Waals surface area contributed by atoms with Crippen LogP contribution in [0.3, 0.4) is 0 Å². The van der Waals surface area contributed by atoms with Crippen molar-refractivity contribution in [2.45, 2.75) is 6.04 Å². The largest absolute Gasteiger partial charge is 0.332 e. The Hall–Kier alpha value is -1.51. The van der Waals surface area contributed by atoms with Crippen LogP contribution in [0, 0.1) is 5.82 Å². The molecule has 8 heteroatoms. The van der Waals surface area contributed by atoms with Crippen LogP contribution in [0.5, 0.6) is 0 Å². The lowest BCUT2D eigenvalue weighted by molar-refractivity contribution is -0.131. The molecule has 1 heterocycles. The highest BCUT2D eigenvalue weighted by Gasteiger charge is 2.30. The van der Waals surface area contributed by atoms with E-state index in [1.54, 1.807) is 12.1 Å². The van der Waals surface area contributed by atoms with Crippen molar-refractivity contribution >= 4 is 15.9 Å². The SMILES string of the molecule is CNS(=O)(=O)CC(=O)N1CCNCC1c1cccc(F)c1. The maximum Gasteiger partial charge on any atom is 0.239 e. The van der Waals surface area contributed by atoms with Gasteiger partial charge in [0.25, 0.3) is 0 Å². The van der Waals surface area contributed by atoms with Crippen molar-refractivity contribution in [3.8, 4) is 0 Å². The number of halogens is 1. The second-order valence-corrected chi connectivity index (χ2v) is 6.75. The predicted molar refractivity (Wildman–Crippen MR) is 76.6 cm³/mol. The standard InChI is InChI=1S/C13H18FN3O3S/c1-15-21(19,20)9-13(18)17-6-5-16-8-12(17)10-3-2-4-11(14)7-10/h2-4,7,12,15-16H,5-6,8-9H2,1H3. The van der Waals surface area contributed by atoms with Crippen LogP contribution in [0.2, 0.25) is 0 Å². The van der Waals surface area contributed by atoms with Crippen LogP contribution in [-0.4, -0.2) is 51.7 Å². The number of rotatable bonds is 4. The van der Waals surface area contributed by atoms with Gasteiger partial charge in [0.2, 0.25) is 15.9 Å². The van der Waals surface area contributed by atoms with Gasteiger partial charge in [0.1, 0.15) is 11.6 Å². The smallest absolute Gasteiger partial charge is 0.239 e. The van der Waals surface area contributed by atoms with Gasteiger partial charge < -0.3 is 10.2 Å². The normalized spacial score (nSPS) is 19.5. The average Bonchev–Trinajstić information content (AvgIpc) is 2.47. The molecule has 1 saturated heterocycles. The Bertz CT molecular complexity index is 621. The number of benzene rings is 1. The molecule has 1 aromatic carbocycles. The van der Waals surface area contributed by atoms with E-state index in [0.717, 1.165) is 0 Å². The summed E-state index contributed by atoms with van der Waals surface area (Å²) in [5.74, 6) is -1.47. The Morgan fingerprint density at radius 1 is 1.52 bits per heavy atom. The Kier molecular flexibility index (Phi) is 4.92. The molecule has 0 bridgehead atoms. The summed E-state index contributed by atoms with van der Waals surface area (Å²) < 4.78 is 38.5. The number of hydrogen-bond donors (Lipinski definition) is 2. The maximum atomic E-state index is 13.3. The van der Waals surface area contributed by atoms with Gasteiger partial charge in [-0.3, -0.25) is 4.79 Å². The van der Waals surface area contributed by atoms with Crippen LogP contribution in [0.1, 0.15) is 11.6 Å². The number of carbonyl (C=O) groups is 1. The minimum absolute atomic E-state index is 0.367. The van der Waals surface area contributed by atoms with Crippen molar-refractivity contribution in [2.75, 3.05) is 32.4 Å². The van der Waals surface area contributed by atoms with Gasteiger partial charge in [0.05, 0.1) is 6.04 Å². The molecule has 0 spiro atoms. The summed E-state index contributed by atoms with van der Waals surface area (Å²) in [7, 11) is -2.35. The molecule has 1 unspecified atom stereocenters. The molecule has 0 aromatic heterocycles. The third-order valence-electron chi connectivity index (χ3n) is 3.42. The molecular formula is C13H18FN3O3S. The molecule has 1 fully saturated rings. The summed E-state index contributed by atoms with van der Waals surface area (Å²) in [5, 5.41) is 3.13.